The Morgan fingerprint density at radius 2 is 1.92 bits per heavy atom. The third kappa shape index (κ3) is 5.92. The number of ketones is 1. The fourth-order valence-corrected chi connectivity index (χ4v) is 4.82. The molecule has 0 fully saturated rings. The van der Waals surface area contributed by atoms with Crippen molar-refractivity contribution in [3.63, 3.8) is 0 Å². The van der Waals surface area contributed by atoms with Crippen molar-refractivity contribution in [2.75, 3.05) is 12.3 Å². The maximum Gasteiger partial charge on any atom is 0.233 e. The molecule has 0 aliphatic carbocycles. The number of benzene rings is 1. The smallest absolute Gasteiger partial charge is 0.233 e. The van der Waals surface area contributed by atoms with Gasteiger partial charge in [-0.15, -0.1) is 10.2 Å². The molecule has 0 aliphatic heterocycles. The van der Waals surface area contributed by atoms with Gasteiger partial charge in [0.15, 0.2) is 14.5 Å². The highest BCUT2D eigenvalue weighted by atomic mass is 32.2. The third-order valence-corrected chi connectivity index (χ3v) is 6.25. The molecule has 2 aromatic rings. The van der Waals surface area contributed by atoms with Crippen LogP contribution in [0.15, 0.2) is 39.0 Å². The maximum atomic E-state index is 12.1. The zero-order valence-corrected chi connectivity index (χ0v) is 16.0. The monoisotopic (exact) mass is 381 g/mol. The predicted octanol–water partition coefficient (Wildman–Crippen LogP) is 3.52. The van der Waals surface area contributed by atoms with E-state index in [4.69, 9.17) is 0 Å². The largest absolute Gasteiger partial charge is 0.355 e. The molecule has 0 unspecified atom stereocenters. The second kappa shape index (κ2) is 9.80. The van der Waals surface area contributed by atoms with Gasteiger partial charge in [-0.25, -0.2) is 0 Å². The number of hydrogen-bond acceptors (Lipinski definition) is 7. The zero-order valence-electron chi connectivity index (χ0n) is 13.5. The average Bonchev–Trinajstić information content (AvgIpc) is 3.05. The van der Waals surface area contributed by atoms with E-state index in [2.05, 4.69) is 15.5 Å². The van der Waals surface area contributed by atoms with E-state index in [0.29, 0.717) is 17.9 Å². The number of nitrogens with one attached hydrogen (secondary N) is 1. The number of carbonyl (C=O) groups excluding carboxylic acids is 2. The molecule has 1 N–H and O–H groups in total. The van der Waals surface area contributed by atoms with Crippen molar-refractivity contribution in [1.82, 2.24) is 15.5 Å². The van der Waals surface area contributed by atoms with Gasteiger partial charge in [-0.2, -0.15) is 0 Å². The molecular formula is C16H19N3O2S3. The van der Waals surface area contributed by atoms with Crippen LogP contribution in [-0.2, 0) is 4.79 Å². The Kier molecular flexibility index (Phi) is 7.74. The Morgan fingerprint density at radius 3 is 2.62 bits per heavy atom. The molecule has 0 spiro atoms. The summed E-state index contributed by atoms with van der Waals surface area (Å²) in [5, 5.41) is 10.8. The van der Waals surface area contributed by atoms with Crippen LogP contribution in [0.5, 0.6) is 0 Å². The summed E-state index contributed by atoms with van der Waals surface area (Å²) < 4.78 is 1.48. The van der Waals surface area contributed by atoms with E-state index in [0.717, 1.165) is 15.1 Å². The number of hydrogen-bond donors (Lipinski definition) is 1. The van der Waals surface area contributed by atoms with Crippen LogP contribution >= 0.6 is 34.9 Å². The fraction of sp³-hybridized carbons (Fsp3) is 0.375. The van der Waals surface area contributed by atoms with Crippen molar-refractivity contribution in [3.8, 4) is 0 Å². The second-order valence-electron chi connectivity index (χ2n) is 4.96. The van der Waals surface area contributed by atoms with Crippen LogP contribution in [0.3, 0.4) is 0 Å². The SMILES string of the molecule is CCCNC(=O)[C@H](C)Sc1nnc(SCC(=O)c2ccccc2)s1. The van der Waals surface area contributed by atoms with Gasteiger partial charge in [0.1, 0.15) is 0 Å². The summed E-state index contributed by atoms with van der Waals surface area (Å²) >= 11 is 4.17. The first-order valence-corrected chi connectivity index (χ1v) is 10.3. The molecule has 1 amide bonds. The van der Waals surface area contributed by atoms with Crippen LogP contribution in [-0.4, -0.2) is 39.4 Å². The Hall–Kier alpha value is -1.38. The highest BCUT2D eigenvalue weighted by Crippen LogP contribution is 2.31. The summed E-state index contributed by atoms with van der Waals surface area (Å²) in [6.45, 7) is 4.55. The molecule has 1 aromatic heterocycles. The van der Waals surface area contributed by atoms with Crippen molar-refractivity contribution in [2.45, 2.75) is 34.2 Å². The zero-order chi connectivity index (χ0) is 17.4. The normalized spacial score (nSPS) is 11.9. The summed E-state index contributed by atoms with van der Waals surface area (Å²) in [4.78, 5) is 23.9. The average molecular weight is 382 g/mol. The molecular weight excluding hydrogens is 362 g/mol. The second-order valence-corrected chi connectivity index (χ2v) is 8.75. The molecule has 8 heteroatoms. The molecule has 1 atom stereocenters. The van der Waals surface area contributed by atoms with Crippen molar-refractivity contribution < 1.29 is 9.59 Å². The lowest BCUT2D eigenvalue weighted by atomic mass is 10.2. The maximum absolute atomic E-state index is 12.1. The van der Waals surface area contributed by atoms with E-state index < -0.39 is 0 Å². The minimum absolute atomic E-state index is 0.00510. The molecule has 0 bridgehead atoms. The van der Waals surface area contributed by atoms with Gasteiger partial charge < -0.3 is 5.32 Å². The van der Waals surface area contributed by atoms with E-state index in [-0.39, 0.29) is 16.9 Å². The van der Waals surface area contributed by atoms with Gasteiger partial charge in [0, 0.05) is 12.1 Å². The molecule has 0 aliphatic rings. The third-order valence-electron chi connectivity index (χ3n) is 3.01. The van der Waals surface area contributed by atoms with Crippen LogP contribution in [0, 0.1) is 0 Å². The first kappa shape index (κ1) is 19.0. The number of thioether (sulfide) groups is 2. The molecule has 0 saturated carbocycles. The number of aromatic nitrogens is 2. The Bertz CT molecular complexity index is 676. The molecule has 1 aromatic carbocycles. The Labute approximate surface area is 154 Å². The summed E-state index contributed by atoms with van der Waals surface area (Å²) in [5.74, 6) is 0.401. The van der Waals surface area contributed by atoms with Crippen LogP contribution in [0.1, 0.15) is 30.6 Å². The van der Waals surface area contributed by atoms with E-state index >= 15 is 0 Å². The topological polar surface area (TPSA) is 72.0 Å². The summed E-state index contributed by atoms with van der Waals surface area (Å²) in [6, 6.07) is 9.20. The number of Topliss-reactive ketones (excluding diaryl/α,β-unsaturated/α-hetero) is 1. The summed E-state index contributed by atoms with van der Waals surface area (Å²) in [5.41, 5.74) is 0.699. The summed E-state index contributed by atoms with van der Waals surface area (Å²) in [6.07, 6.45) is 0.915. The van der Waals surface area contributed by atoms with Gasteiger partial charge in [-0.1, -0.05) is 72.1 Å². The molecule has 128 valence electrons. The van der Waals surface area contributed by atoms with Crippen molar-refractivity contribution >= 4 is 46.6 Å². The van der Waals surface area contributed by atoms with Crippen molar-refractivity contribution in [2.24, 2.45) is 0 Å². The van der Waals surface area contributed by atoms with E-state index in [1.807, 2.05) is 32.0 Å². The van der Waals surface area contributed by atoms with Gasteiger partial charge >= 0.3 is 0 Å². The van der Waals surface area contributed by atoms with Gasteiger partial charge in [0.05, 0.1) is 11.0 Å². The standard InChI is InChI=1S/C16H19N3O2S3/c1-3-9-17-14(21)11(2)23-16-19-18-15(24-16)22-10-13(20)12-7-5-4-6-8-12/h4-8,11H,3,9-10H2,1-2H3,(H,17,21)/t11-/m0/s1. The van der Waals surface area contributed by atoms with Crippen LogP contribution in [0.4, 0.5) is 0 Å². The van der Waals surface area contributed by atoms with Crippen LogP contribution < -0.4 is 5.32 Å². The number of amides is 1. The Balaban J connectivity index is 1.82. The quantitative estimate of drug-likeness (QED) is 0.529. The highest BCUT2D eigenvalue weighted by molar-refractivity contribution is 8.04. The highest BCUT2D eigenvalue weighted by Gasteiger charge is 2.17. The first-order chi connectivity index (χ1) is 11.6. The molecule has 0 saturated heterocycles. The van der Waals surface area contributed by atoms with Crippen molar-refractivity contribution in [1.29, 1.82) is 0 Å². The Morgan fingerprint density at radius 1 is 1.21 bits per heavy atom. The minimum Gasteiger partial charge on any atom is -0.355 e. The fourth-order valence-electron chi connectivity index (χ4n) is 1.73. The molecule has 1 heterocycles. The predicted molar refractivity (Wildman–Crippen MR) is 100 cm³/mol. The van der Waals surface area contributed by atoms with Crippen molar-refractivity contribution in [3.05, 3.63) is 35.9 Å². The van der Waals surface area contributed by atoms with Gasteiger partial charge in [0.25, 0.3) is 0 Å². The lowest BCUT2D eigenvalue weighted by molar-refractivity contribution is -0.120. The molecule has 5 nitrogen and oxygen atoms in total. The van der Waals surface area contributed by atoms with Crippen LogP contribution in [0.25, 0.3) is 0 Å². The molecule has 24 heavy (non-hydrogen) atoms. The summed E-state index contributed by atoms with van der Waals surface area (Å²) in [7, 11) is 0. The lowest BCUT2D eigenvalue weighted by Gasteiger charge is -2.08. The molecule has 0 radical (unpaired) electrons. The van der Waals surface area contributed by atoms with E-state index in [1.165, 1.54) is 34.9 Å². The minimum atomic E-state index is -0.215. The number of nitrogens with zero attached hydrogens (tertiary/aromatic N) is 2. The van der Waals surface area contributed by atoms with Gasteiger partial charge in [-0.3, -0.25) is 9.59 Å². The van der Waals surface area contributed by atoms with Gasteiger partial charge in [0.2, 0.25) is 5.91 Å². The van der Waals surface area contributed by atoms with Gasteiger partial charge in [-0.05, 0) is 13.3 Å². The van der Waals surface area contributed by atoms with Crippen LogP contribution in [0.2, 0.25) is 0 Å². The first-order valence-electron chi connectivity index (χ1n) is 7.59. The lowest BCUT2D eigenvalue weighted by Crippen LogP contribution is -2.31. The number of rotatable bonds is 9. The number of carbonyl (C=O) groups is 2. The molecule has 2 rings (SSSR count). The van der Waals surface area contributed by atoms with E-state index in [9.17, 15) is 9.59 Å². The van der Waals surface area contributed by atoms with E-state index in [1.54, 1.807) is 12.1 Å².